The Balaban J connectivity index is 1.47. The molecule has 7 nitrogen and oxygen atoms in total. The molecule has 1 atom stereocenters. The van der Waals surface area contributed by atoms with Gasteiger partial charge in [-0.15, -0.1) is 22.7 Å². The first-order valence-electron chi connectivity index (χ1n) is 9.20. The second-order valence-electron chi connectivity index (χ2n) is 6.40. The van der Waals surface area contributed by atoms with Crippen molar-refractivity contribution >= 4 is 67.6 Å². The van der Waals surface area contributed by atoms with Crippen molar-refractivity contribution in [1.29, 1.82) is 0 Å². The summed E-state index contributed by atoms with van der Waals surface area (Å²) in [7, 11) is 1.57. The minimum atomic E-state index is -0.307. The zero-order valence-electron chi connectivity index (χ0n) is 16.6. The summed E-state index contributed by atoms with van der Waals surface area (Å²) >= 11 is 4.30. The average Bonchev–Trinajstić information content (AvgIpc) is 3.42. The Labute approximate surface area is 190 Å². The van der Waals surface area contributed by atoms with Crippen molar-refractivity contribution in [2.45, 2.75) is 16.5 Å². The second kappa shape index (κ2) is 9.46. The van der Waals surface area contributed by atoms with E-state index in [-0.39, 0.29) is 16.9 Å². The maximum Gasteiger partial charge on any atom is 0.239 e. The Hall–Kier alpha value is -2.95. The molecule has 0 spiro atoms. The standard InChI is InChI=1S/C21H18N4O3S3/c1-12(19(27)25-20-22-7-8-29-20)30-21-24-16-5-3-14(10-18(16)31-21)23-11-13-9-15(28-2)4-6-17(13)26/h3-12,26H,1-2H3,(H,22,25,27)/t12-/m1/s1. The van der Waals surface area contributed by atoms with Gasteiger partial charge in [-0.1, -0.05) is 11.8 Å². The number of fused-ring (bicyclic) bond motifs is 1. The summed E-state index contributed by atoms with van der Waals surface area (Å²) in [5.41, 5.74) is 2.16. The first-order valence-corrected chi connectivity index (χ1v) is 11.8. The van der Waals surface area contributed by atoms with E-state index in [2.05, 4.69) is 20.3 Å². The van der Waals surface area contributed by atoms with Crippen LogP contribution in [-0.4, -0.2) is 39.6 Å². The van der Waals surface area contributed by atoms with Crippen LogP contribution in [0.4, 0.5) is 10.8 Å². The lowest BCUT2D eigenvalue weighted by Gasteiger charge is -2.07. The number of aliphatic imine (C=N–C) groups is 1. The molecule has 4 aromatic rings. The summed E-state index contributed by atoms with van der Waals surface area (Å²) in [5, 5.41) is 14.9. The molecule has 0 fully saturated rings. The fourth-order valence-electron chi connectivity index (χ4n) is 2.63. The molecule has 0 aliphatic heterocycles. The van der Waals surface area contributed by atoms with Gasteiger partial charge in [-0.25, -0.2) is 9.97 Å². The summed E-state index contributed by atoms with van der Waals surface area (Å²) in [4.78, 5) is 25.5. The number of nitrogens with zero attached hydrogens (tertiary/aromatic N) is 3. The Morgan fingerprint density at radius 3 is 2.97 bits per heavy atom. The summed E-state index contributed by atoms with van der Waals surface area (Å²) in [6.45, 7) is 1.84. The van der Waals surface area contributed by atoms with Crippen LogP contribution in [0.5, 0.6) is 11.5 Å². The zero-order valence-corrected chi connectivity index (χ0v) is 19.1. The number of carbonyl (C=O) groups excluding carboxylic acids is 1. The Morgan fingerprint density at radius 1 is 1.32 bits per heavy atom. The van der Waals surface area contributed by atoms with Gasteiger partial charge in [-0.2, -0.15) is 0 Å². The quantitative estimate of drug-likeness (QED) is 0.280. The SMILES string of the molecule is COc1ccc(O)c(C=Nc2ccc3nc(S[C@H](C)C(=O)Nc4nccs4)sc3c2)c1. The number of anilines is 1. The van der Waals surface area contributed by atoms with Crippen molar-refractivity contribution in [1.82, 2.24) is 9.97 Å². The van der Waals surface area contributed by atoms with Crippen molar-refractivity contribution in [3.8, 4) is 11.5 Å². The number of aromatic nitrogens is 2. The number of phenols is 1. The number of hydrogen-bond acceptors (Lipinski definition) is 9. The summed E-state index contributed by atoms with van der Waals surface area (Å²) < 4.78 is 6.97. The Kier molecular flexibility index (Phi) is 6.50. The van der Waals surface area contributed by atoms with Gasteiger partial charge in [0.1, 0.15) is 11.5 Å². The predicted molar refractivity (Wildman–Crippen MR) is 128 cm³/mol. The molecule has 0 bridgehead atoms. The number of aromatic hydroxyl groups is 1. The van der Waals surface area contributed by atoms with Gasteiger partial charge in [-0.3, -0.25) is 9.79 Å². The summed E-state index contributed by atoms with van der Waals surface area (Å²) in [5.74, 6) is 0.668. The van der Waals surface area contributed by atoms with E-state index in [0.29, 0.717) is 16.4 Å². The molecule has 0 saturated carbocycles. The molecule has 1 amide bonds. The van der Waals surface area contributed by atoms with Crippen molar-refractivity contribution in [2.24, 2.45) is 4.99 Å². The molecule has 2 heterocycles. The van der Waals surface area contributed by atoms with Gasteiger partial charge in [-0.05, 0) is 43.3 Å². The highest BCUT2D eigenvalue weighted by Gasteiger charge is 2.18. The second-order valence-corrected chi connectivity index (χ2v) is 9.91. The molecule has 2 aromatic carbocycles. The lowest BCUT2D eigenvalue weighted by atomic mass is 10.2. The summed E-state index contributed by atoms with van der Waals surface area (Å²) in [6, 6.07) is 10.7. The van der Waals surface area contributed by atoms with Crippen LogP contribution < -0.4 is 10.1 Å². The maximum atomic E-state index is 12.3. The largest absolute Gasteiger partial charge is 0.507 e. The molecule has 0 saturated heterocycles. The molecular weight excluding hydrogens is 452 g/mol. The number of rotatable bonds is 7. The van der Waals surface area contributed by atoms with Crippen LogP contribution in [-0.2, 0) is 4.79 Å². The van der Waals surface area contributed by atoms with E-state index in [1.807, 2.05) is 30.5 Å². The van der Waals surface area contributed by atoms with Crippen molar-refractivity contribution < 1.29 is 14.6 Å². The molecule has 2 N–H and O–H groups in total. The van der Waals surface area contributed by atoms with Crippen LogP contribution in [0.15, 0.2) is 57.3 Å². The van der Waals surface area contributed by atoms with Crippen LogP contribution in [0.1, 0.15) is 12.5 Å². The van der Waals surface area contributed by atoms with Crippen molar-refractivity contribution in [3.63, 3.8) is 0 Å². The summed E-state index contributed by atoms with van der Waals surface area (Å²) in [6.07, 6.45) is 3.25. The molecule has 31 heavy (non-hydrogen) atoms. The Morgan fingerprint density at radius 2 is 2.19 bits per heavy atom. The van der Waals surface area contributed by atoms with Gasteiger partial charge in [0.05, 0.1) is 28.3 Å². The number of nitrogens with one attached hydrogen (secondary N) is 1. The highest BCUT2D eigenvalue weighted by molar-refractivity contribution is 8.02. The highest BCUT2D eigenvalue weighted by Crippen LogP contribution is 2.34. The molecule has 158 valence electrons. The zero-order chi connectivity index (χ0) is 21.8. The molecule has 10 heteroatoms. The van der Waals surface area contributed by atoms with Crippen LogP contribution in [0.2, 0.25) is 0 Å². The normalized spacial score (nSPS) is 12.3. The number of benzene rings is 2. The number of methoxy groups -OCH3 is 1. The molecule has 0 unspecified atom stereocenters. The van der Waals surface area contributed by atoms with Crippen LogP contribution >= 0.6 is 34.4 Å². The molecule has 0 aliphatic carbocycles. The number of amides is 1. The number of ether oxygens (including phenoxy) is 1. The van der Waals surface area contributed by atoms with Gasteiger partial charge in [0.15, 0.2) is 9.47 Å². The number of hydrogen-bond donors (Lipinski definition) is 2. The van der Waals surface area contributed by atoms with Gasteiger partial charge in [0.2, 0.25) is 5.91 Å². The fourth-order valence-corrected chi connectivity index (χ4v) is 5.40. The average molecular weight is 471 g/mol. The number of phenolic OH excluding ortho intramolecular Hbond substituents is 1. The molecule has 2 aromatic heterocycles. The monoisotopic (exact) mass is 470 g/mol. The van der Waals surface area contributed by atoms with Crippen molar-refractivity contribution in [2.75, 3.05) is 12.4 Å². The highest BCUT2D eigenvalue weighted by atomic mass is 32.2. The van der Waals surface area contributed by atoms with Crippen LogP contribution in [0, 0.1) is 0 Å². The molecular formula is C21H18N4O3S3. The first-order chi connectivity index (χ1) is 15.0. The minimum Gasteiger partial charge on any atom is -0.507 e. The van der Waals surface area contributed by atoms with E-state index in [0.717, 1.165) is 20.2 Å². The Bertz CT molecular complexity index is 1240. The number of thiazole rings is 2. The first kappa shape index (κ1) is 21.3. The van der Waals surface area contributed by atoms with E-state index in [4.69, 9.17) is 4.74 Å². The maximum absolute atomic E-state index is 12.3. The van der Waals surface area contributed by atoms with E-state index < -0.39 is 0 Å². The van der Waals surface area contributed by atoms with E-state index >= 15 is 0 Å². The minimum absolute atomic E-state index is 0.109. The van der Waals surface area contributed by atoms with Crippen LogP contribution in [0.25, 0.3) is 10.2 Å². The predicted octanol–water partition coefficient (Wildman–Crippen LogP) is 5.34. The van der Waals surface area contributed by atoms with E-state index in [9.17, 15) is 9.90 Å². The third-order valence-corrected chi connectivity index (χ3v) is 7.15. The topological polar surface area (TPSA) is 96.7 Å². The van der Waals surface area contributed by atoms with Gasteiger partial charge in [0, 0.05) is 23.4 Å². The number of thioether (sulfide) groups is 1. The van der Waals surface area contributed by atoms with Crippen molar-refractivity contribution in [3.05, 3.63) is 53.5 Å². The molecule has 0 radical (unpaired) electrons. The lowest BCUT2D eigenvalue weighted by Crippen LogP contribution is -2.22. The van der Waals surface area contributed by atoms with Crippen LogP contribution in [0.3, 0.4) is 0 Å². The third kappa shape index (κ3) is 5.22. The molecule has 0 aliphatic rings. The number of carbonyl (C=O) groups is 1. The van der Waals surface area contributed by atoms with E-state index in [1.165, 1.54) is 34.4 Å². The van der Waals surface area contributed by atoms with E-state index in [1.54, 1.807) is 37.7 Å². The van der Waals surface area contributed by atoms with Gasteiger partial charge >= 0.3 is 0 Å². The molecule has 4 rings (SSSR count). The lowest BCUT2D eigenvalue weighted by molar-refractivity contribution is -0.115. The van der Waals surface area contributed by atoms with Gasteiger partial charge in [0.25, 0.3) is 0 Å². The van der Waals surface area contributed by atoms with Gasteiger partial charge < -0.3 is 15.2 Å². The smallest absolute Gasteiger partial charge is 0.239 e. The fraction of sp³-hybridized carbons (Fsp3) is 0.143. The third-order valence-electron chi connectivity index (χ3n) is 4.25.